The average Bonchev–Trinajstić information content (AvgIpc) is 2.73. The molecule has 100 valence electrons. The van der Waals surface area contributed by atoms with E-state index in [0.29, 0.717) is 25.0 Å². The highest BCUT2D eigenvalue weighted by Gasteiger charge is 2.32. The van der Waals surface area contributed by atoms with Crippen LogP contribution in [0.3, 0.4) is 0 Å². The summed E-state index contributed by atoms with van der Waals surface area (Å²) in [6.07, 6.45) is 4.33. The van der Waals surface area contributed by atoms with E-state index in [9.17, 15) is 4.79 Å². The molecule has 1 aromatic rings. The number of ether oxygens (including phenoxy) is 1. The Balaban J connectivity index is 1.88. The molecule has 2 heterocycles. The van der Waals surface area contributed by atoms with E-state index in [0.717, 1.165) is 18.9 Å². The molecule has 0 bridgehead atoms. The first-order valence-electron chi connectivity index (χ1n) is 6.43. The van der Waals surface area contributed by atoms with E-state index in [1.165, 1.54) is 0 Å². The number of rotatable bonds is 5. The Hall–Kier alpha value is -1.36. The number of imidazole rings is 1. The highest BCUT2D eigenvalue weighted by atomic mass is 16.5. The monoisotopic (exact) mass is 251 g/mol. The summed E-state index contributed by atoms with van der Waals surface area (Å²) in [4.78, 5) is 18.0. The highest BCUT2D eigenvalue weighted by molar-refractivity contribution is 5.77. The molecular weight excluding hydrogens is 230 g/mol. The number of likely N-dealkylation sites (tertiary alicyclic amines) is 1. The number of carbonyl (C=O) groups excluding carboxylic acids is 1. The van der Waals surface area contributed by atoms with Crippen molar-refractivity contribution >= 4 is 5.91 Å². The van der Waals surface area contributed by atoms with Gasteiger partial charge >= 0.3 is 0 Å². The first-order valence-corrected chi connectivity index (χ1v) is 6.43. The van der Waals surface area contributed by atoms with E-state index in [1.807, 2.05) is 17.3 Å². The zero-order valence-electron chi connectivity index (χ0n) is 11.3. The van der Waals surface area contributed by atoms with E-state index >= 15 is 0 Å². The molecule has 2 rings (SSSR count). The lowest BCUT2D eigenvalue weighted by atomic mass is 10.1. The van der Waals surface area contributed by atoms with Crippen molar-refractivity contribution < 1.29 is 9.53 Å². The van der Waals surface area contributed by atoms with E-state index in [-0.39, 0.29) is 5.91 Å². The fourth-order valence-electron chi connectivity index (χ4n) is 2.26. The van der Waals surface area contributed by atoms with Gasteiger partial charge in [0.25, 0.3) is 0 Å². The van der Waals surface area contributed by atoms with Crippen molar-refractivity contribution in [1.29, 1.82) is 0 Å². The molecular formula is C13H21N3O2. The molecule has 5 nitrogen and oxygen atoms in total. The minimum Gasteiger partial charge on any atom is -0.384 e. The predicted octanol–water partition coefficient (Wildman–Crippen LogP) is 1.43. The van der Waals surface area contributed by atoms with Gasteiger partial charge in [-0.05, 0) is 0 Å². The summed E-state index contributed by atoms with van der Waals surface area (Å²) in [6, 6.07) is 0.386. The van der Waals surface area contributed by atoms with Crippen LogP contribution in [0.5, 0.6) is 0 Å². The minimum atomic E-state index is 0.180. The summed E-state index contributed by atoms with van der Waals surface area (Å²) in [5.41, 5.74) is 0. The third-order valence-corrected chi connectivity index (χ3v) is 3.34. The molecule has 18 heavy (non-hydrogen) atoms. The molecule has 5 heteroatoms. The quantitative estimate of drug-likeness (QED) is 0.795. The second-order valence-corrected chi connectivity index (χ2v) is 5.04. The first kappa shape index (κ1) is 13.1. The second kappa shape index (κ2) is 5.52. The summed E-state index contributed by atoms with van der Waals surface area (Å²) in [5.74, 6) is 1.70. The van der Waals surface area contributed by atoms with Gasteiger partial charge in [-0.15, -0.1) is 0 Å². The molecule has 1 aliphatic rings. The van der Waals surface area contributed by atoms with Gasteiger partial charge < -0.3 is 14.2 Å². The lowest BCUT2D eigenvalue weighted by Gasteiger charge is -2.40. The summed E-state index contributed by atoms with van der Waals surface area (Å²) in [6.45, 7) is 6.36. The van der Waals surface area contributed by atoms with Crippen molar-refractivity contribution in [2.24, 2.45) is 0 Å². The van der Waals surface area contributed by atoms with Crippen molar-refractivity contribution in [2.45, 2.75) is 32.2 Å². The van der Waals surface area contributed by atoms with E-state index < -0.39 is 0 Å². The minimum absolute atomic E-state index is 0.180. The van der Waals surface area contributed by atoms with Gasteiger partial charge in [-0.25, -0.2) is 4.98 Å². The van der Waals surface area contributed by atoms with Crippen molar-refractivity contribution in [3.63, 3.8) is 0 Å². The zero-order valence-corrected chi connectivity index (χ0v) is 11.3. The third-order valence-electron chi connectivity index (χ3n) is 3.34. The SMILES string of the molecule is COCCC(=O)N1CC(n2ccnc2C(C)C)C1. The van der Waals surface area contributed by atoms with Gasteiger partial charge in [0, 0.05) is 38.5 Å². The van der Waals surface area contributed by atoms with Gasteiger partial charge in [0.15, 0.2) is 0 Å². The second-order valence-electron chi connectivity index (χ2n) is 5.04. The Morgan fingerprint density at radius 3 is 2.89 bits per heavy atom. The van der Waals surface area contributed by atoms with E-state index in [1.54, 1.807) is 7.11 Å². The summed E-state index contributed by atoms with van der Waals surface area (Å²) in [7, 11) is 1.62. The van der Waals surface area contributed by atoms with Gasteiger partial charge in [0.2, 0.25) is 5.91 Å². The number of amides is 1. The summed E-state index contributed by atoms with van der Waals surface area (Å²) in [5, 5.41) is 0. The van der Waals surface area contributed by atoms with Crippen molar-refractivity contribution in [1.82, 2.24) is 14.5 Å². The fraction of sp³-hybridized carbons (Fsp3) is 0.692. The molecule has 0 N–H and O–H groups in total. The first-order chi connectivity index (χ1) is 8.63. The molecule has 0 aliphatic carbocycles. The summed E-state index contributed by atoms with van der Waals surface area (Å²) < 4.78 is 7.12. The normalized spacial score (nSPS) is 16.1. The predicted molar refractivity (Wildman–Crippen MR) is 68.4 cm³/mol. The third kappa shape index (κ3) is 2.56. The van der Waals surface area contributed by atoms with Crippen molar-refractivity contribution in [2.75, 3.05) is 26.8 Å². The molecule has 0 unspecified atom stereocenters. The number of carbonyl (C=O) groups is 1. The van der Waals surface area contributed by atoms with Crippen LogP contribution < -0.4 is 0 Å². The molecule has 0 spiro atoms. The molecule has 0 radical (unpaired) electrons. The van der Waals surface area contributed by atoms with Gasteiger partial charge in [-0.2, -0.15) is 0 Å². The van der Waals surface area contributed by atoms with Crippen LogP contribution in [-0.2, 0) is 9.53 Å². The van der Waals surface area contributed by atoms with Gasteiger partial charge in [0.1, 0.15) is 5.82 Å². The van der Waals surface area contributed by atoms with Crippen LogP contribution in [-0.4, -0.2) is 47.2 Å². The van der Waals surface area contributed by atoms with Gasteiger partial charge in [-0.3, -0.25) is 4.79 Å². The molecule has 1 saturated heterocycles. The Bertz CT molecular complexity index is 408. The van der Waals surface area contributed by atoms with E-state index in [2.05, 4.69) is 23.4 Å². The molecule has 1 amide bonds. The molecule has 0 saturated carbocycles. The summed E-state index contributed by atoms with van der Waals surface area (Å²) >= 11 is 0. The van der Waals surface area contributed by atoms with Crippen molar-refractivity contribution in [3.8, 4) is 0 Å². The Labute approximate surface area is 108 Å². The van der Waals surface area contributed by atoms with Gasteiger partial charge in [0.05, 0.1) is 19.1 Å². The number of nitrogens with zero attached hydrogens (tertiary/aromatic N) is 3. The smallest absolute Gasteiger partial charge is 0.225 e. The lowest BCUT2D eigenvalue weighted by molar-refractivity contribution is -0.137. The average molecular weight is 251 g/mol. The maximum absolute atomic E-state index is 11.7. The van der Waals surface area contributed by atoms with Crippen molar-refractivity contribution in [3.05, 3.63) is 18.2 Å². The zero-order chi connectivity index (χ0) is 13.1. The Morgan fingerprint density at radius 2 is 2.28 bits per heavy atom. The number of hydrogen-bond donors (Lipinski definition) is 0. The topological polar surface area (TPSA) is 47.4 Å². The Morgan fingerprint density at radius 1 is 1.56 bits per heavy atom. The van der Waals surface area contributed by atoms with Crippen LogP contribution in [0.4, 0.5) is 0 Å². The number of methoxy groups -OCH3 is 1. The highest BCUT2D eigenvalue weighted by Crippen LogP contribution is 2.25. The van der Waals surface area contributed by atoms with Crippen LogP contribution in [0.25, 0.3) is 0 Å². The molecule has 1 fully saturated rings. The Kier molecular flexibility index (Phi) is 4.01. The molecule has 1 aromatic heterocycles. The lowest BCUT2D eigenvalue weighted by Crippen LogP contribution is -2.51. The molecule has 1 aliphatic heterocycles. The molecule has 0 atom stereocenters. The van der Waals surface area contributed by atoms with Crippen LogP contribution in [0.2, 0.25) is 0 Å². The van der Waals surface area contributed by atoms with Crippen LogP contribution in [0, 0.1) is 0 Å². The van der Waals surface area contributed by atoms with E-state index in [4.69, 9.17) is 4.74 Å². The number of aromatic nitrogens is 2. The van der Waals surface area contributed by atoms with Crippen LogP contribution >= 0.6 is 0 Å². The molecule has 0 aromatic carbocycles. The van der Waals surface area contributed by atoms with Gasteiger partial charge in [-0.1, -0.05) is 13.8 Å². The number of hydrogen-bond acceptors (Lipinski definition) is 3. The maximum Gasteiger partial charge on any atom is 0.225 e. The largest absolute Gasteiger partial charge is 0.384 e. The van der Waals surface area contributed by atoms with Crippen LogP contribution in [0.15, 0.2) is 12.4 Å². The maximum atomic E-state index is 11.7. The van der Waals surface area contributed by atoms with Crippen LogP contribution in [0.1, 0.15) is 38.1 Å². The standard InChI is InChI=1S/C13H21N3O2/c1-10(2)13-14-5-6-16(13)11-8-15(9-11)12(17)4-7-18-3/h5-6,10-11H,4,7-9H2,1-3H3. The fourth-order valence-corrected chi connectivity index (χ4v) is 2.26.